The number of piperidine rings is 1. The molecule has 0 aromatic carbocycles. The minimum atomic E-state index is 0. The summed E-state index contributed by atoms with van der Waals surface area (Å²) in [5, 5.41) is 3.26. The maximum absolute atomic E-state index is 12.8. The van der Waals surface area contributed by atoms with Gasteiger partial charge in [-0.25, -0.2) is 0 Å². The Kier molecular flexibility index (Phi) is 7.97. The molecule has 3 fully saturated rings. The van der Waals surface area contributed by atoms with Crippen molar-refractivity contribution in [1.29, 1.82) is 0 Å². The van der Waals surface area contributed by atoms with E-state index in [1.165, 1.54) is 32.1 Å². The quantitative estimate of drug-likeness (QED) is 0.798. The Hall–Kier alpha value is -0.850. The predicted molar refractivity (Wildman–Crippen MR) is 101 cm³/mol. The summed E-state index contributed by atoms with van der Waals surface area (Å²) in [6.07, 6.45) is 7.44. The van der Waals surface area contributed by atoms with Crippen LogP contribution in [0.25, 0.3) is 0 Å². The molecule has 144 valence electrons. The fourth-order valence-corrected chi connectivity index (χ4v) is 4.56. The largest absolute Gasteiger partial charge is 0.339 e. The molecule has 0 aromatic heterocycles. The van der Waals surface area contributed by atoms with Gasteiger partial charge in [-0.2, -0.15) is 0 Å². The molecule has 2 unspecified atom stereocenters. The Bertz CT molecular complexity index is 454. The Morgan fingerprint density at radius 2 is 1.60 bits per heavy atom. The summed E-state index contributed by atoms with van der Waals surface area (Å²) < 4.78 is 0. The van der Waals surface area contributed by atoms with Crippen LogP contribution in [0.3, 0.4) is 0 Å². The zero-order valence-corrected chi connectivity index (χ0v) is 16.2. The van der Waals surface area contributed by atoms with Crippen molar-refractivity contribution >= 4 is 24.2 Å². The molecule has 2 saturated heterocycles. The molecule has 1 N–H and O–H groups in total. The first kappa shape index (κ1) is 20.5. The highest BCUT2D eigenvalue weighted by Crippen LogP contribution is 2.35. The number of halogens is 1. The highest BCUT2D eigenvalue weighted by molar-refractivity contribution is 5.85. The van der Waals surface area contributed by atoms with Gasteiger partial charge in [0.2, 0.25) is 11.8 Å². The summed E-state index contributed by atoms with van der Waals surface area (Å²) in [5.41, 5.74) is 0. The molecule has 3 aliphatic rings. The SMILES string of the molecule is CN(CC(=O)N1CCNCC1)CC(=O)N1CCCC2CCCCC21.Cl. The second-order valence-corrected chi connectivity index (χ2v) is 7.64. The van der Waals surface area contributed by atoms with E-state index in [0.29, 0.717) is 25.0 Å². The minimum absolute atomic E-state index is 0. The number of amides is 2. The average Bonchev–Trinajstić information content (AvgIpc) is 2.61. The maximum atomic E-state index is 12.8. The number of hydrogen-bond acceptors (Lipinski definition) is 4. The molecule has 1 saturated carbocycles. The van der Waals surface area contributed by atoms with Crippen molar-refractivity contribution in [3.05, 3.63) is 0 Å². The molecule has 6 nitrogen and oxygen atoms in total. The van der Waals surface area contributed by atoms with Crippen molar-refractivity contribution in [1.82, 2.24) is 20.0 Å². The summed E-state index contributed by atoms with van der Waals surface area (Å²) >= 11 is 0. The van der Waals surface area contributed by atoms with Gasteiger partial charge >= 0.3 is 0 Å². The van der Waals surface area contributed by atoms with Crippen LogP contribution >= 0.6 is 12.4 Å². The number of likely N-dealkylation sites (N-methyl/N-ethyl adjacent to an activating group) is 1. The van der Waals surface area contributed by atoms with Crippen LogP contribution in [0.2, 0.25) is 0 Å². The van der Waals surface area contributed by atoms with E-state index in [4.69, 9.17) is 0 Å². The van der Waals surface area contributed by atoms with Crippen LogP contribution in [0, 0.1) is 5.92 Å². The van der Waals surface area contributed by atoms with Gasteiger partial charge in [0.1, 0.15) is 0 Å². The number of nitrogens with zero attached hydrogens (tertiary/aromatic N) is 3. The van der Waals surface area contributed by atoms with E-state index in [1.54, 1.807) is 0 Å². The van der Waals surface area contributed by atoms with Crippen LogP contribution in [-0.4, -0.2) is 85.4 Å². The van der Waals surface area contributed by atoms with Gasteiger partial charge in [-0.05, 0) is 38.6 Å². The van der Waals surface area contributed by atoms with Gasteiger partial charge in [0.05, 0.1) is 13.1 Å². The molecule has 25 heavy (non-hydrogen) atoms. The third-order valence-corrected chi connectivity index (χ3v) is 5.84. The summed E-state index contributed by atoms with van der Waals surface area (Å²) in [5.74, 6) is 1.06. The predicted octanol–water partition coefficient (Wildman–Crippen LogP) is 0.953. The van der Waals surface area contributed by atoms with Crippen LogP contribution in [-0.2, 0) is 9.59 Å². The highest BCUT2D eigenvalue weighted by atomic mass is 35.5. The number of likely N-dealkylation sites (tertiary alicyclic amines) is 1. The molecule has 7 heteroatoms. The molecule has 0 aromatic rings. The Labute approximate surface area is 157 Å². The van der Waals surface area contributed by atoms with Crippen LogP contribution in [0.5, 0.6) is 0 Å². The lowest BCUT2D eigenvalue weighted by Crippen LogP contribution is -2.53. The Balaban J connectivity index is 0.00000225. The van der Waals surface area contributed by atoms with E-state index in [1.807, 2.05) is 16.8 Å². The van der Waals surface area contributed by atoms with Gasteiger partial charge in [-0.3, -0.25) is 14.5 Å². The molecule has 0 spiro atoms. The van der Waals surface area contributed by atoms with Crippen molar-refractivity contribution in [2.45, 2.75) is 44.6 Å². The van der Waals surface area contributed by atoms with Gasteiger partial charge in [0, 0.05) is 38.8 Å². The number of piperazine rings is 1. The van der Waals surface area contributed by atoms with Crippen LogP contribution in [0.1, 0.15) is 38.5 Å². The highest BCUT2D eigenvalue weighted by Gasteiger charge is 2.35. The number of fused-ring (bicyclic) bond motifs is 1. The van der Waals surface area contributed by atoms with E-state index in [0.717, 1.165) is 39.1 Å². The molecule has 0 radical (unpaired) electrons. The first-order valence-electron chi connectivity index (χ1n) is 9.61. The molecule has 2 amide bonds. The first-order chi connectivity index (χ1) is 11.6. The third-order valence-electron chi connectivity index (χ3n) is 5.84. The third kappa shape index (κ3) is 5.31. The summed E-state index contributed by atoms with van der Waals surface area (Å²) in [6.45, 7) is 4.89. The van der Waals surface area contributed by atoms with E-state index in [2.05, 4.69) is 10.2 Å². The second-order valence-electron chi connectivity index (χ2n) is 7.64. The zero-order chi connectivity index (χ0) is 16.9. The van der Waals surface area contributed by atoms with Gasteiger partial charge in [0.25, 0.3) is 0 Å². The summed E-state index contributed by atoms with van der Waals surface area (Å²) in [7, 11) is 1.89. The van der Waals surface area contributed by atoms with Crippen molar-refractivity contribution in [2.24, 2.45) is 5.92 Å². The summed E-state index contributed by atoms with van der Waals surface area (Å²) in [6, 6.07) is 0.456. The number of carbonyl (C=O) groups excluding carboxylic acids is 2. The minimum Gasteiger partial charge on any atom is -0.339 e. The fourth-order valence-electron chi connectivity index (χ4n) is 4.56. The topological polar surface area (TPSA) is 55.9 Å². The van der Waals surface area contributed by atoms with Gasteiger partial charge in [0.15, 0.2) is 0 Å². The zero-order valence-electron chi connectivity index (χ0n) is 15.4. The maximum Gasteiger partial charge on any atom is 0.237 e. The normalized spacial score (nSPS) is 26.8. The monoisotopic (exact) mass is 372 g/mol. The lowest BCUT2D eigenvalue weighted by molar-refractivity contribution is -0.139. The van der Waals surface area contributed by atoms with Crippen molar-refractivity contribution < 1.29 is 9.59 Å². The fraction of sp³-hybridized carbons (Fsp3) is 0.889. The van der Waals surface area contributed by atoms with E-state index in [9.17, 15) is 9.59 Å². The molecule has 3 rings (SSSR count). The standard InChI is InChI=1S/C18H32N4O2.ClH/c1-20(13-17(23)21-11-8-19-9-12-21)14-18(24)22-10-4-6-15-5-2-3-7-16(15)22;/h15-16,19H,2-14H2,1H3;1H. The first-order valence-corrected chi connectivity index (χ1v) is 9.61. The second kappa shape index (κ2) is 9.74. The van der Waals surface area contributed by atoms with Gasteiger partial charge in [-0.1, -0.05) is 12.8 Å². The van der Waals surface area contributed by atoms with E-state index < -0.39 is 0 Å². The molecule has 2 atom stereocenters. The van der Waals surface area contributed by atoms with Crippen LogP contribution < -0.4 is 5.32 Å². The molecular weight excluding hydrogens is 340 g/mol. The molecule has 1 aliphatic carbocycles. The van der Waals surface area contributed by atoms with Crippen LogP contribution in [0.15, 0.2) is 0 Å². The lowest BCUT2D eigenvalue weighted by Gasteiger charge is -2.44. The van der Waals surface area contributed by atoms with Crippen molar-refractivity contribution in [3.63, 3.8) is 0 Å². The number of rotatable bonds is 4. The van der Waals surface area contributed by atoms with Gasteiger partial charge in [-0.15, -0.1) is 12.4 Å². The number of carbonyl (C=O) groups is 2. The lowest BCUT2D eigenvalue weighted by atomic mass is 9.78. The molecular formula is C18H33ClN4O2. The smallest absolute Gasteiger partial charge is 0.237 e. The number of nitrogens with one attached hydrogen (secondary N) is 1. The van der Waals surface area contributed by atoms with E-state index >= 15 is 0 Å². The average molecular weight is 373 g/mol. The number of hydrogen-bond donors (Lipinski definition) is 1. The molecule has 2 aliphatic heterocycles. The van der Waals surface area contributed by atoms with Gasteiger partial charge < -0.3 is 15.1 Å². The van der Waals surface area contributed by atoms with Crippen molar-refractivity contribution in [3.8, 4) is 0 Å². The van der Waals surface area contributed by atoms with E-state index in [-0.39, 0.29) is 24.2 Å². The van der Waals surface area contributed by atoms with Crippen molar-refractivity contribution in [2.75, 3.05) is 52.9 Å². The molecule has 2 heterocycles. The summed E-state index contributed by atoms with van der Waals surface area (Å²) in [4.78, 5) is 31.0. The Morgan fingerprint density at radius 1 is 0.960 bits per heavy atom. The van der Waals surface area contributed by atoms with Crippen LogP contribution in [0.4, 0.5) is 0 Å². The molecule has 0 bridgehead atoms. The Morgan fingerprint density at radius 3 is 2.36 bits per heavy atom.